The average molecular weight is 231 g/mol. The van der Waals surface area contributed by atoms with Gasteiger partial charge in [-0.2, -0.15) is 4.39 Å². The maximum Gasteiger partial charge on any atom is 0.307 e. The lowest BCUT2D eigenvalue weighted by Gasteiger charge is -2.07. The summed E-state index contributed by atoms with van der Waals surface area (Å²) in [5.41, 5.74) is 1.90. The third-order valence-electron chi connectivity index (χ3n) is 2.38. The number of nitrogens with zero attached hydrogens (tertiary/aromatic N) is 1. The van der Waals surface area contributed by atoms with Crippen LogP contribution in [0.1, 0.15) is 5.56 Å². The largest absolute Gasteiger partial charge is 0.481 e. The van der Waals surface area contributed by atoms with Crippen molar-refractivity contribution < 1.29 is 14.3 Å². The van der Waals surface area contributed by atoms with Gasteiger partial charge in [-0.25, -0.2) is 4.98 Å². The molecule has 0 saturated carbocycles. The number of carboxylic acid groups (broad SMARTS) is 1. The van der Waals surface area contributed by atoms with Crippen molar-refractivity contribution in [3.05, 3.63) is 54.1 Å². The van der Waals surface area contributed by atoms with Crippen LogP contribution in [0.2, 0.25) is 0 Å². The Morgan fingerprint density at radius 2 is 2.00 bits per heavy atom. The summed E-state index contributed by atoms with van der Waals surface area (Å²) in [7, 11) is 0. The molecule has 0 radical (unpaired) electrons. The number of aliphatic carboxylic acids is 1. The number of carboxylic acids is 1. The van der Waals surface area contributed by atoms with Crippen molar-refractivity contribution in [3.8, 4) is 11.1 Å². The van der Waals surface area contributed by atoms with E-state index in [2.05, 4.69) is 4.98 Å². The van der Waals surface area contributed by atoms with Gasteiger partial charge in [0, 0.05) is 11.8 Å². The van der Waals surface area contributed by atoms with Crippen molar-refractivity contribution in [3.63, 3.8) is 0 Å². The summed E-state index contributed by atoms with van der Waals surface area (Å²) in [5, 5.41) is 8.79. The summed E-state index contributed by atoms with van der Waals surface area (Å²) in [6.07, 6.45) is 1.15. The number of carbonyl (C=O) groups is 1. The minimum atomic E-state index is -0.993. The van der Waals surface area contributed by atoms with E-state index in [0.717, 1.165) is 11.6 Å². The van der Waals surface area contributed by atoms with Gasteiger partial charge in [-0.15, -0.1) is 0 Å². The van der Waals surface area contributed by atoms with Gasteiger partial charge in [-0.1, -0.05) is 30.3 Å². The molecule has 3 nitrogen and oxygen atoms in total. The number of pyridine rings is 1. The molecule has 0 atom stereocenters. The fourth-order valence-corrected chi connectivity index (χ4v) is 1.65. The van der Waals surface area contributed by atoms with Crippen molar-refractivity contribution in [2.75, 3.05) is 0 Å². The van der Waals surface area contributed by atoms with Crippen LogP contribution < -0.4 is 0 Å². The van der Waals surface area contributed by atoms with Crippen LogP contribution in [0.25, 0.3) is 11.1 Å². The van der Waals surface area contributed by atoms with Gasteiger partial charge in [-0.3, -0.25) is 4.79 Å². The van der Waals surface area contributed by atoms with Crippen molar-refractivity contribution in [1.29, 1.82) is 0 Å². The lowest BCUT2D eigenvalue weighted by atomic mass is 10.0. The Morgan fingerprint density at radius 1 is 1.29 bits per heavy atom. The molecule has 1 aromatic carbocycles. The van der Waals surface area contributed by atoms with Crippen molar-refractivity contribution in [2.45, 2.75) is 6.42 Å². The molecule has 0 bridgehead atoms. The molecule has 0 aliphatic carbocycles. The van der Waals surface area contributed by atoms with E-state index in [4.69, 9.17) is 5.11 Å². The van der Waals surface area contributed by atoms with Gasteiger partial charge in [0.25, 0.3) is 0 Å². The number of hydrogen-bond acceptors (Lipinski definition) is 2. The topological polar surface area (TPSA) is 50.2 Å². The first kappa shape index (κ1) is 11.3. The van der Waals surface area contributed by atoms with Gasteiger partial charge >= 0.3 is 5.97 Å². The monoisotopic (exact) mass is 231 g/mol. The quantitative estimate of drug-likeness (QED) is 0.826. The maximum atomic E-state index is 13.0. The molecule has 1 aromatic heterocycles. The van der Waals surface area contributed by atoms with Gasteiger partial charge in [0.2, 0.25) is 5.95 Å². The molecule has 0 aliphatic heterocycles. The number of hydrogen-bond donors (Lipinski definition) is 1. The van der Waals surface area contributed by atoms with Crippen LogP contribution in [0.4, 0.5) is 4.39 Å². The molecule has 0 saturated heterocycles. The van der Waals surface area contributed by atoms with Crippen LogP contribution in [0.3, 0.4) is 0 Å². The highest BCUT2D eigenvalue weighted by atomic mass is 19.1. The molecule has 4 heteroatoms. The third kappa shape index (κ3) is 2.66. The van der Waals surface area contributed by atoms with E-state index in [0.29, 0.717) is 11.1 Å². The van der Waals surface area contributed by atoms with Crippen LogP contribution >= 0.6 is 0 Å². The first-order valence-corrected chi connectivity index (χ1v) is 5.08. The Kier molecular flexibility index (Phi) is 3.14. The molecule has 1 N–H and O–H groups in total. The molecule has 0 amide bonds. The fourth-order valence-electron chi connectivity index (χ4n) is 1.65. The van der Waals surface area contributed by atoms with E-state index in [1.807, 2.05) is 30.3 Å². The molecule has 0 aliphatic rings. The summed E-state index contributed by atoms with van der Waals surface area (Å²) in [6.45, 7) is 0. The number of aromatic nitrogens is 1. The Morgan fingerprint density at radius 3 is 2.65 bits per heavy atom. The van der Waals surface area contributed by atoms with Crippen LogP contribution in [0.5, 0.6) is 0 Å². The molecule has 0 fully saturated rings. The molecule has 1 heterocycles. The van der Waals surface area contributed by atoms with Crippen LogP contribution in [0, 0.1) is 5.95 Å². The third-order valence-corrected chi connectivity index (χ3v) is 2.38. The van der Waals surface area contributed by atoms with Crippen molar-refractivity contribution >= 4 is 5.97 Å². The number of benzene rings is 1. The minimum absolute atomic E-state index is 0.219. The van der Waals surface area contributed by atoms with Gasteiger partial charge in [0.05, 0.1) is 6.42 Å². The van der Waals surface area contributed by atoms with Gasteiger partial charge in [0.15, 0.2) is 0 Å². The molecular weight excluding hydrogens is 221 g/mol. The van der Waals surface area contributed by atoms with E-state index in [1.165, 1.54) is 6.20 Å². The Balaban J connectivity index is 2.50. The van der Waals surface area contributed by atoms with Gasteiger partial charge in [0.1, 0.15) is 0 Å². The highest BCUT2D eigenvalue weighted by molar-refractivity contribution is 5.76. The first-order chi connectivity index (χ1) is 8.16. The zero-order valence-electron chi connectivity index (χ0n) is 8.93. The smallest absolute Gasteiger partial charge is 0.307 e. The highest BCUT2D eigenvalue weighted by Crippen LogP contribution is 2.23. The maximum absolute atomic E-state index is 13.0. The SMILES string of the molecule is O=C(O)Cc1cc(F)ncc1-c1ccccc1. The number of rotatable bonds is 3. The summed E-state index contributed by atoms with van der Waals surface area (Å²) < 4.78 is 13.0. The van der Waals surface area contributed by atoms with Crippen LogP contribution in [0.15, 0.2) is 42.6 Å². The molecule has 86 valence electrons. The second-order valence-corrected chi connectivity index (χ2v) is 3.60. The molecular formula is C13H10FNO2. The number of halogens is 1. The zero-order valence-corrected chi connectivity index (χ0v) is 8.93. The zero-order chi connectivity index (χ0) is 12.3. The summed E-state index contributed by atoms with van der Waals surface area (Å²) >= 11 is 0. The molecule has 2 aromatic rings. The minimum Gasteiger partial charge on any atom is -0.481 e. The lowest BCUT2D eigenvalue weighted by molar-refractivity contribution is -0.136. The predicted octanol–water partition coefficient (Wildman–Crippen LogP) is 2.51. The van der Waals surface area contributed by atoms with E-state index < -0.39 is 11.9 Å². The molecule has 17 heavy (non-hydrogen) atoms. The van der Waals surface area contributed by atoms with E-state index in [9.17, 15) is 9.18 Å². The summed E-state index contributed by atoms with van der Waals surface area (Å²) in [4.78, 5) is 14.3. The molecule has 2 rings (SSSR count). The highest BCUT2D eigenvalue weighted by Gasteiger charge is 2.10. The predicted molar refractivity (Wildman–Crippen MR) is 61.0 cm³/mol. The van der Waals surface area contributed by atoms with E-state index in [1.54, 1.807) is 0 Å². The Bertz CT molecular complexity index is 540. The van der Waals surface area contributed by atoms with Crippen LogP contribution in [-0.2, 0) is 11.2 Å². The van der Waals surface area contributed by atoms with Gasteiger partial charge in [-0.05, 0) is 17.2 Å². The normalized spacial score (nSPS) is 10.2. The summed E-state index contributed by atoms with van der Waals surface area (Å²) in [6, 6.07) is 10.4. The fraction of sp³-hybridized carbons (Fsp3) is 0.0769. The van der Waals surface area contributed by atoms with Crippen molar-refractivity contribution in [1.82, 2.24) is 4.98 Å². The Labute approximate surface area is 97.6 Å². The van der Waals surface area contributed by atoms with E-state index >= 15 is 0 Å². The second-order valence-electron chi connectivity index (χ2n) is 3.60. The lowest BCUT2D eigenvalue weighted by Crippen LogP contribution is -2.03. The standard InChI is InChI=1S/C13H10FNO2/c14-12-6-10(7-13(16)17)11(8-15-12)9-4-2-1-3-5-9/h1-6,8H,7H2,(H,16,17). The average Bonchev–Trinajstić information content (AvgIpc) is 2.29. The van der Waals surface area contributed by atoms with Gasteiger partial charge < -0.3 is 5.11 Å². The molecule has 0 unspecified atom stereocenters. The van der Waals surface area contributed by atoms with E-state index in [-0.39, 0.29) is 6.42 Å². The molecule has 0 spiro atoms. The Hall–Kier alpha value is -2.23. The van der Waals surface area contributed by atoms with Crippen LogP contribution in [-0.4, -0.2) is 16.1 Å². The van der Waals surface area contributed by atoms with Crippen molar-refractivity contribution in [2.24, 2.45) is 0 Å². The second kappa shape index (κ2) is 4.74. The summed E-state index contributed by atoms with van der Waals surface area (Å²) in [5.74, 6) is -1.66. The first-order valence-electron chi connectivity index (χ1n) is 5.08.